The van der Waals surface area contributed by atoms with Crippen LogP contribution in [0.25, 0.3) is 11.4 Å². The zero-order chi connectivity index (χ0) is 12.4. The van der Waals surface area contributed by atoms with Crippen LogP contribution in [0.5, 0.6) is 0 Å². The summed E-state index contributed by atoms with van der Waals surface area (Å²) in [6, 6.07) is 9.83. The van der Waals surface area contributed by atoms with E-state index in [4.69, 9.17) is 0 Å². The fourth-order valence-corrected chi connectivity index (χ4v) is 2.51. The summed E-state index contributed by atoms with van der Waals surface area (Å²) in [6.07, 6.45) is 5.22. The van der Waals surface area contributed by atoms with Crippen molar-refractivity contribution < 1.29 is 0 Å². The molecule has 0 amide bonds. The van der Waals surface area contributed by atoms with Crippen LogP contribution in [0.3, 0.4) is 0 Å². The molecule has 0 aliphatic heterocycles. The van der Waals surface area contributed by atoms with Crippen LogP contribution in [0.4, 0.5) is 0 Å². The minimum Gasteiger partial charge on any atom is -0.306 e. The standard InChI is InChI=1S/C15H16N2O/c18-15-12-9-5-2-6-10-13(12)16-14(17-15)11-7-3-1-4-8-11/h1,3-4,7-8H,2,5-6,9-10H2,(H,16,17,18). The maximum absolute atomic E-state index is 12.1. The van der Waals surface area contributed by atoms with Gasteiger partial charge in [-0.2, -0.15) is 0 Å². The van der Waals surface area contributed by atoms with Gasteiger partial charge in [0.15, 0.2) is 0 Å². The molecule has 2 aromatic rings. The van der Waals surface area contributed by atoms with Crippen molar-refractivity contribution in [2.24, 2.45) is 0 Å². The molecule has 0 saturated heterocycles. The molecule has 0 atom stereocenters. The highest BCUT2D eigenvalue weighted by Gasteiger charge is 2.14. The summed E-state index contributed by atoms with van der Waals surface area (Å²) >= 11 is 0. The fourth-order valence-electron chi connectivity index (χ4n) is 2.51. The van der Waals surface area contributed by atoms with Gasteiger partial charge in [0, 0.05) is 11.1 Å². The van der Waals surface area contributed by atoms with E-state index in [-0.39, 0.29) is 5.56 Å². The summed E-state index contributed by atoms with van der Waals surface area (Å²) in [7, 11) is 0. The van der Waals surface area contributed by atoms with Gasteiger partial charge in [0.2, 0.25) is 0 Å². The minimum absolute atomic E-state index is 0.0424. The van der Waals surface area contributed by atoms with Gasteiger partial charge < -0.3 is 4.98 Å². The third kappa shape index (κ3) is 2.08. The number of hydrogen-bond acceptors (Lipinski definition) is 2. The molecular formula is C15H16N2O. The van der Waals surface area contributed by atoms with E-state index in [0.717, 1.165) is 42.5 Å². The molecule has 1 aromatic heterocycles. The van der Waals surface area contributed by atoms with Crippen molar-refractivity contribution in [2.45, 2.75) is 32.1 Å². The summed E-state index contributed by atoms with van der Waals surface area (Å²) in [5.74, 6) is 0.696. The first-order valence-electron chi connectivity index (χ1n) is 6.52. The molecule has 3 heteroatoms. The SMILES string of the molecule is O=c1[nH]c(-c2ccccc2)nc2c1CCCCC2. The topological polar surface area (TPSA) is 45.8 Å². The molecule has 1 heterocycles. The lowest BCUT2D eigenvalue weighted by Crippen LogP contribution is -2.18. The molecule has 92 valence electrons. The summed E-state index contributed by atoms with van der Waals surface area (Å²) in [5, 5.41) is 0. The van der Waals surface area contributed by atoms with Crippen LogP contribution >= 0.6 is 0 Å². The molecule has 1 aliphatic rings. The lowest BCUT2D eigenvalue weighted by molar-refractivity contribution is 0.708. The normalized spacial score (nSPS) is 14.9. The summed E-state index contributed by atoms with van der Waals surface area (Å²) in [5.41, 5.74) is 2.91. The number of aryl methyl sites for hydroxylation is 1. The third-order valence-corrected chi connectivity index (χ3v) is 3.49. The second-order valence-electron chi connectivity index (χ2n) is 4.77. The molecule has 0 radical (unpaired) electrons. The van der Waals surface area contributed by atoms with Gasteiger partial charge in [0.25, 0.3) is 5.56 Å². The lowest BCUT2D eigenvalue weighted by atomic mass is 10.1. The number of rotatable bonds is 1. The van der Waals surface area contributed by atoms with E-state index in [1.54, 1.807) is 0 Å². The van der Waals surface area contributed by atoms with Crippen LogP contribution in [0.2, 0.25) is 0 Å². The molecule has 0 unspecified atom stereocenters. The molecule has 3 rings (SSSR count). The fraction of sp³-hybridized carbons (Fsp3) is 0.333. The first-order valence-corrected chi connectivity index (χ1v) is 6.52. The lowest BCUT2D eigenvalue weighted by Gasteiger charge is -2.07. The van der Waals surface area contributed by atoms with Gasteiger partial charge >= 0.3 is 0 Å². The van der Waals surface area contributed by atoms with Gasteiger partial charge in [-0.1, -0.05) is 36.8 Å². The Balaban J connectivity index is 2.11. The average Bonchev–Trinajstić information content (AvgIpc) is 2.65. The van der Waals surface area contributed by atoms with Crippen molar-refractivity contribution in [1.29, 1.82) is 0 Å². The zero-order valence-corrected chi connectivity index (χ0v) is 10.3. The van der Waals surface area contributed by atoms with Crippen LogP contribution in [0.1, 0.15) is 30.5 Å². The second kappa shape index (κ2) is 4.77. The number of aromatic nitrogens is 2. The first kappa shape index (κ1) is 11.2. The third-order valence-electron chi connectivity index (χ3n) is 3.49. The molecule has 0 spiro atoms. The van der Waals surface area contributed by atoms with Crippen molar-refractivity contribution in [2.75, 3.05) is 0 Å². The van der Waals surface area contributed by atoms with Crippen molar-refractivity contribution in [3.63, 3.8) is 0 Å². The van der Waals surface area contributed by atoms with E-state index in [0.29, 0.717) is 5.82 Å². The quantitative estimate of drug-likeness (QED) is 0.779. The Morgan fingerprint density at radius 1 is 1.00 bits per heavy atom. The maximum atomic E-state index is 12.1. The van der Waals surface area contributed by atoms with Crippen LogP contribution in [0.15, 0.2) is 35.1 Å². The molecule has 18 heavy (non-hydrogen) atoms. The number of aromatic amines is 1. The van der Waals surface area contributed by atoms with E-state index < -0.39 is 0 Å². The molecule has 0 fully saturated rings. The minimum atomic E-state index is 0.0424. The van der Waals surface area contributed by atoms with E-state index in [1.165, 1.54) is 6.42 Å². The second-order valence-corrected chi connectivity index (χ2v) is 4.77. The Morgan fingerprint density at radius 2 is 1.78 bits per heavy atom. The molecule has 0 bridgehead atoms. The predicted octanol–water partition coefficient (Wildman–Crippen LogP) is 2.71. The van der Waals surface area contributed by atoms with Crippen LogP contribution in [-0.4, -0.2) is 9.97 Å². The van der Waals surface area contributed by atoms with Crippen molar-refractivity contribution in [1.82, 2.24) is 9.97 Å². The molecule has 3 nitrogen and oxygen atoms in total. The van der Waals surface area contributed by atoms with Crippen molar-refractivity contribution >= 4 is 0 Å². The van der Waals surface area contributed by atoms with E-state index in [1.807, 2.05) is 30.3 Å². The Bertz CT molecular complexity index is 602. The number of nitrogens with one attached hydrogen (secondary N) is 1. The van der Waals surface area contributed by atoms with Gasteiger partial charge in [-0.25, -0.2) is 4.98 Å². The highest BCUT2D eigenvalue weighted by Crippen LogP contribution is 2.19. The highest BCUT2D eigenvalue weighted by molar-refractivity contribution is 5.54. The van der Waals surface area contributed by atoms with Crippen molar-refractivity contribution in [3.05, 3.63) is 51.9 Å². The maximum Gasteiger partial charge on any atom is 0.254 e. The van der Waals surface area contributed by atoms with Crippen LogP contribution in [-0.2, 0) is 12.8 Å². The molecule has 0 saturated carbocycles. The number of nitrogens with zero attached hydrogens (tertiary/aromatic N) is 1. The van der Waals surface area contributed by atoms with Gasteiger partial charge in [0.05, 0.1) is 5.69 Å². The summed E-state index contributed by atoms with van der Waals surface area (Å²) in [4.78, 5) is 19.7. The largest absolute Gasteiger partial charge is 0.306 e. The monoisotopic (exact) mass is 240 g/mol. The molecular weight excluding hydrogens is 224 g/mol. The van der Waals surface area contributed by atoms with Gasteiger partial charge in [-0.15, -0.1) is 0 Å². The number of hydrogen-bond donors (Lipinski definition) is 1. The van der Waals surface area contributed by atoms with Gasteiger partial charge in [-0.3, -0.25) is 4.79 Å². The Hall–Kier alpha value is -1.90. The number of benzene rings is 1. The van der Waals surface area contributed by atoms with Gasteiger partial charge in [-0.05, 0) is 25.7 Å². The predicted molar refractivity (Wildman–Crippen MR) is 71.6 cm³/mol. The average molecular weight is 240 g/mol. The van der Waals surface area contributed by atoms with Crippen molar-refractivity contribution in [3.8, 4) is 11.4 Å². The Labute approximate surface area is 106 Å². The number of H-pyrrole nitrogens is 1. The summed E-state index contributed by atoms with van der Waals surface area (Å²) < 4.78 is 0. The van der Waals surface area contributed by atoms with E-state index >= 15 is 0 Å². The number of fused-ring (bicyclic) bond motifs is 1. The molecule has 1 aliphatic carbocycles. The first-order chi connectivity index (χ1) is 8.84. The highest BCUT2D eigenvalue weighted by atomic mass is 16.1. The molecule has 1 N–H and O–H groups in total. The van der Waals surface area contributed by atoms with Gasteiger partial charge in [0.1, 0.15) is 5.82 Å². The zero-order valence-electron chi connectivity index (χ0n) is 10.3. The Morgan fingerprint density at radius 3 is 2.61 bits per heavy atom. The van der Waals surface area contributed by atoms with Crippen LogP contribution < -0.4 is 5.56 Å². The van der Waals surface area contributed by atoms with Crippen LogP contribution in [0, 0.1) is 0 Å². The van der Waals surface area contributed by atoms with E-state index in [9.17, 15) is 4.79 Å². The molecule has 1 aromatic carbocycles. The summed E-state index contributed by atoms with van der Waals surface area (Å²) in [6.45, 7) is 0. The van der Waals surface area contributed by atoms with E-state index in [2.05, 4.69) is 9.97 Å². The smallest absolute Gasteiger partial charge is 0.254 e. The Kier molecular flexibility index (Phi) is 2.97.